The van der Waals surface area contributed by atoms with Gasteiger partial charge in [-0.1, -0.05) is 31.2 Å². The second-order valence-electron chi connectivity index (χ2n) is 4.95. The largest absolute Gasteiger partial charge is 0.478 e. The summed E-state index contributed by atoms with van der Waals surface area (Å²) in [6.07, 6.45) is 0.449. The van der Waals surface area contributed by atoms with Crippen LogP contribution in [0.1, 0.15) is 24.5 Å². The number of halogens is 1. The lowest BCUT2D eigenvalue weighted by Gasteiger charge is -2.12. The number of hydrogen-bond donors (Lipinski definition) is 1. The Balaban J connectivity index is 2.58. The number of hydrogen-bond acceptors (Lipinski definition) is 3. The number of aliphatic carboxylic acids is 1. The third kappa shape index (κ3) is 3.96. The zero-order chi connectivity index (χ0) is 17.7. The van der Waals surface area contributed by atoms with Crippen LogP contribution in [0.4, 0.5) is 4.39 Å². The van der Waals surface area contributed by atoms with E-state index in [9.17, 15) is 18.5 Å². The van der Waals surface area contributed by atoms with Gasteiger partial charge in [0.1, 0.15) is 5.82 Å². The van der Waals surface area contributed by atoms with E-state index in [4.69, 9.17) is 4.18 Å². The molecule has 1 N–H and O–H groups in total. The van der Waals surface area contributed by atoms with Gasteiger partial charge in [0.15, 0.2) is 11.1 Å². The van der Waals surface area contributed by atoms with Crippen LogP contribution in [0.3, 0.4) is 0 Å². The molecule has 0 aromatic heterocycles. The summed E-state index contributed by atoms with van der Waals surface area (Å²) in [5, 5.41) is 9.61. The molecule has 2 rings (SSSR count). The summed E-state index contributed by atoms with van der Waals surface area (Å²) in [6, 6.07) is 12.1. The summed E-state index contributed by atoms with van der Waals surface area (Å²) in [7, 11) is 1.34. The molecular formula is C18H17FO4S. The van der Waals surface area contributed by atoms with Gasteiger partial charge in [-0.3, -0.25) is 4.18 Å². The molecule has 24 heavy (non-hydrogen) atoms. The molecule has 0 fully saturated rings. The molecule has 4 nitrogen and oxygen atoms in total. The molecule has 0 aliphatic heterocycles. The summed E-state index contributed by atoms with van der Waals surface area (Å²) in [6.45, 7) is 1.83. The number of carboxylic acids is 1. The van der Waals surface area contributed by atoms with E-state index in [1.54, 1.807) is 30.3 Å². The van der Waals surface area contributed by atoms with Gasteiger partial charge in [0, 0.05) is 0 Å². The first-order chi connectivity index (χ1) is 11.5. The highest BCUT2D eigenvalue weighted by molar-refractivity contribution is 7.80. The number of benzene rings is 2. The second-order valence-corrected chi connectivity index (χ2v) is 6.22. The fourth-order valence-electron chi connectivity index (χ4n) is 2.46. The van der Waals surface area contributed by atoms with Crippen molar-refractivity contribution in [3.8, 4) is 0 Å². The highest BCUT2D eigenvalue weighted by Gasteiger charge is 2.18. The maximum absolute atomic E-state index is 13.5. The van der Waals surface area contributed by atoms with Gasteiger partial charge in [-0.25, -0.2) is 13.4 Å². The molecule has 2 aromatic rings. The van der Waals surface area contributed by atoms with Gasteiger partial charge in [0.25, 0.3) is 0 Å². The third-order valence-corrected chi connectivity index (χ3v) is 4.49. The summed E-state index contributed by atoms with van der Waals surface area (Å²) in [5.41, 5.74) is 1.61. The Morgan fingerprint density at radius 3 is 2.33 bits per heavy atom. The number of carboxylic acid groups (broad SMARTS) is 1. The predicted octanol–water partition coefficient (Wildman–Crippen LogP) is 3.90. The van der Waals surface area contributed by atoms with Crippen molar-refractivity contribution in [2.75, 3.05) is 7.11 Å². The molecule has 0 aliphatic rings. The van der Waals surface area contributed by atoms with Crippen molar-refractivity contribution in [3.05, 3.63) is 65.5 Å². The molecule has 0 radical (unpaired) electrons. The van der Waals surface area contributed by atoms with Crippen LogP contribution in [-0.4, -0.2) is 22.4 Å². The molecule has 6 heteroatoms. The van der Waals surface area contributed by atoms with Crippen LogP contribution in [0, 0.1) is 5.82 Å². The van der Waals surface area contributed by atoms with Gasteiger partial charge in [-0.2, -0.15) is 0 Å². The topological polar surface area (TPSA) is 63.6 Å². The van der Waals surface area contributed by atoms with E-state index in [0.29, 0.717) is 28.0 Å². The maximum Gasteiger partial charge on any atom is 0.336 e. The van der Waals surface area contributed by atoms with Crippen molar-refractivity contribution < 1.29 is 22.7 Å². The molecule has 2 aromatic carbocycles. The van der Waals surface area contributed by atoms with Crippen molar-refractivity contribution >= 4 is 28.2 Å². The van der Waals surface area contributed by atoms with E-state index in [0.717, 1.165) is 0 Å². The molecule has 0 amide bonds. The molecule has 0 aliphatic carbocycles. The van der Waals surface area contributed by atoms with Gasteiger partial charge < -0.3 is 5.11 Å². The van der Waals surface area contributed by atoms with Crippen molar-refractivity contribution in [1.29, 1.82) is 0 Å². The standard InChI is InChI=1S/C18H17FO4S/c1-3-16(12-7-9-15(10-8-12)24(22)23-2)17(18(20)21)13-5-4-6-14(19)11-13/h4-11H,3H2,1-2H3,(H,20,21)/b17-16+. The smallest absolute Gasteiger partial charge is 0.336 e. The molecule has 1 unspecified atom stereocenters. The molecule has 0 saturated heterocycles. The normalized spacial score (nSPS) is 13.3. The quantitative estimate of drug-likeness (QED) is 0.635. The molecule has 0 heterocycles. The first-order valence-corrected chi connectivity index (χ1v) is 8.34. The minimum Gasteiger partial charge on any atom is -0.478 e. The van der Waals surface area contributed by atoms with Gasteiger partial charge in [0.2, 0.25) is 0 Å². The minimum absolute atomic E-state index is 0.0533. The van der Waals surface area contributed by atoms with Gasteiger partial charge in [-0.15, -0.1) is 0 Å². The van der Waals surface area contributed by atoms with Crippen LogP contribution in [0.2, 0.25) is 0 Å². The van der Waals surface area contributed by atoms with Gasteiger partial charge in [0.05, 0.1) is 17.6 Å². The molecule has 0 bridgehead atoms. The molecule has 0 saturated carbocycles. The number of rotatable bonds is 6. The van der Waals surface area contributed by atoms with E-state index < -0.39 is 22.9 Å². The zero-order valence-electron chi connectivity index (χ0n) is 13.3. The van der Waals surface area contributed by atoms with Crippen molar-refractivity contribution in [3.63, 3.8) is 0 Å². The van der Waals surface area contributed by atoms with Gasteiger partial charge in [-0.05, 0) is 47.4 Å². The SMILES string of the molecule is CC/C(=C(\C(=O)O)c1cccc(F)c1)c1ccc(S(=O)OC)cc1. The summed E-state index contributed by atoms with van der Waals surface area (Å²) in [4.78, 5) is 12.2. The first kappa shape index (κ1) is 18.0. The Kier molecular flexibility index (Phi) is 6.00. The highest BCUT2D eigenvalue weighted by atomic mass is 32.2. The van der Waals surface area contributed by atoms with Crippen molar-refractivity contribution in [2.45, 2.75) is 18.2 Å². The number of carbonyl (C=O) groups is 1. The van der Waals surface area contributed by atoms with Crippen LogP contribution in [0.5, 0.6) is 0 Å². The maximum atomic E-state index is 13.5. The molecule has 1 atom stereocenters. The van der Waals surface area contributed by atoms with Crippen molar-refractivity contribution in [1.82, 2.24) is 0 Å². The zero-order valence-corrected chi connectivity index (χ0v) is 14.1. The van der Waals surface area contributed by atoms with E-state index in [1.807, 2.05) is 6.92 Å². The second kappa shape index (κ2) is 7.99. The molecule has 0 spiro atoms. The number of allylic oxidation sites excluding steroid dienone is 1. The molecular weight excluding hydrogens is 331 g/mol. The van der Waals surface area contributed by atoms with Crippen LogP contribution < -0.4 is 0 Å². The predicted molar refractivity (Wildman–Crippen MR) is 91.0 cm³/mol. The lowest BCUT2D eigenvalue weighted by Crippen LogP contribution is -2.04. The summed E-state index contributed by atoms with van der Waals surface area (Å²) < 4.78 is 29.8. The Morgan fingerprint density at radius 2 is 1.83 bits per heavy atom. The lowest BCUT2D eigenvalue weighted by molar-refractivity contribution is -0.130. The monoisotopic (exact) mass is 348 g/mol. The lowest BCUT2D eigenvalue weighted by atomic mass is 9.93. The first-order valence-electron chi connectivity index (χ1n) is 7.27. The van der Waals surface area contributed by atoms with Crippen LogP contribution >= 0.6 is 0 Å². The molecule has 126 valence electrons. The average molecular weight is 348 g/mol. The average Bonchev–Trinajstić information content (AvgIpc) is 2.58. The van der Waals surface area contributed by atoms with E-state index in [-0.39, 0.29) is 5.57 Å². The third-order valence-electron chi connectivity index (χ3n) is 3.53. The Morgan fingerprint density at radius 1 is 1.17 bits per heavy atom. The van der Waals surface area contributed by atoms with Gasteiger partial charge >= 0.3 is 5.97 Å². The Hall–Kier alpha value is -2.31. The fourth-order valence-corrected chi connectivity index (χ4v) is 3.01. The van der Waals surface area contributed by atoms with Crippen LogP contribution in [0.15, 0.2) is 53.4 Å². The summed E-state index contributed by atoms with van der Waals surface area (Å²) >= 11 is -1.55. The fraction of sp³-hybridized carbons (Fsp3) is 0.167. The van der Waals surface area contributed by atoms with Crippen LogP contribution in [-0.2, 0) is 20.1 Å². The van der Waals surface area contributed by atoms with Crippen molar-refractivity contribution in [2.24, 2.45) is 0 Å². The Labute approximate surface area is 142 Å². The van der Waals surface area contributed by atoms with Crippen LogP contribution in [0.25, 0.3) is 11.1 Å². The summed E-state index contributed by atoms with van der Waals surface area (Å²) in [5.74, 6) is -1.62. The van der Waals surface area contributed by atoms with E-state index in [1.165, 1.54) is 25.3 Å². The Bertz CT molecular complexity index is 797. The van der Waals surface area contributed by atoms with E-state index in [2.05, 4.69) is 0 Å². The highest BCUT2D eigenvalue weighted by Crippen LogP contribution is 2.30. The minimum atomic E-state index is -1.55. The van der Waals surface area contributed by atoms with E-state index >= 15 is 0 Å².